The van der Waals surface area contributed by atoms with Gasteiger partial charge in [-0.1, -0.05) is 12.1 Å². The zero-order valence-electron chi connectivity index (χ0n) is 13.4. The summed E-state index contributed by atoms with van der Waals surface area (Å²) in [5, 5.41) is 2.89. The first-order valence-electron chi connectivity index (χ1n) is 7.45. The molecule has 0 heterocycles. The fourth-order valence-corrected chi connectivity index (χ4v) is 2.63. The van der Waals surface area contributed by atoms with Crippen LogP contribution in [0.1, 0.15) is 25.8 Å². The van der Waals surface area contributed by atoms with Gasteiger partial charge in [0.2, 0.25) is 10.0 Å². The van der Waals surface area contributed by atoms with Crippen molar-refractivity contribution < 1.29 is 13.2 Å². The third-order valence-corrected chi connectivity index (χ3v) is 3.83. The van der Waals surface area contributed by atoms with Gasteiger partial charge in [0.15, 0.2) is 0 Å². The minimum Gasteiger partial charge on any atom is -0.338 e. The molecule has 0 aliphatic rings. The van der Waals surface area contributed by atoms with Crippen molar-refractivity contribution in [3.8, 4) is 0 Å². The molecule has 0 saturated carbocycles. The van der Waals surface area contributed by atoms with Crippen LogP contribution >= 0.6 is 0 Å². The number of sulfonamides is 1. The second kappa shape index (κ2) is 8.63. The van der Waals surface area contributed by atoms with Crippen molar-refractivity contribution in [2.75, 3.05) is 30.6 Å². The van der Waals surface area contributed by atoms with E-state index >= 15 is 0 Å². The maximum absolute atomic E-state index is 11.7. The number of amides is 2. The molecule has 22 heavy (non-hydrogen) atoms. The van der Waals surface area contributed by atoms with Crippen LogP contribution in [0.2, 0.25) is 0 Å². The molecule has 0 unspecified atom stereocenters. The summed E-state index contributed by atoms with van der Waals surface area (Å²) in [4.78, 5) is 13.5. The Balaban J connectivity index is 2.35. The molecule has 1 rings (SSSR count). The van der Waals surface area contributed by atoms with E-state index < -0.39 is 10.0 Å². The van der Waals surface area contributed by atoms with Crippen LogP contribution in [0.3, 0.4) is 0 Å². The molecule has 0 radical (unpaired) electrons. The van der Waals surface area contributed by atoms with Gasteiger partial charge in [0.1, 0.15) is 0 Å². The lowest BCUT2D eigenvalue weighted by Gasteiger charge is -2.19. The highest BCUT2D eigenvalue weighted by molar-refractivity contribution is 7.92. The van der Waals surface area contributed by atoms with Gasteiger partial charge in [0.25, 0.3) is 0 Å². The monoisotopic (exact) mass is 327 g/mol. The summed E-state index contributed by atoms with van der Waals surface area (Å²) >= 11 is 0. The summed E-state index contributed by atoms with van der Waals surface area (Å²) in [6, 6.07) is 7.23. The van der Waals surface area contributed by atoms with Crippen LogP contribution in [-0.2, 0) is 16.4 Å². The van der Waals surface area contributed by atoms with Gasteiger partial charge in [0, 0.05) is 25.3 Å². The SMILES string of the molecule is CCN(CC)C(=O)NCCCc1ccc(NS(C)(=O)=O)cc1. The molecule has 0 saturated heterocycles. The first-order valence-corrected chi connectivity index (χ1v) is 9.34. The second-order valence-corrected chi connectivity index (χ2v) is 6.83. The first kappa shape index (κ1) is 18.3. The number of aryl methyl sites for hydroxylation is 1. The van der Waals surface area contributed by atoms with E-state index in [9.17, 15) is 13.2 Å². The highest BCUT2D eigenvalue weighted by atomic mass is 32.2. The number of carbonyl (C=O) groups is 1. The Kier molecular flexibility index (Phi) is 7.17. The highest BCUT2D eigenvalue weighted by Crippen LogP contribution is 2.12. The van der Waals surface area contributed by atoms with Crippen LogP contribution in [0.25, 0.3) is 0 Å². The van der Waals surface area contributed by atoms with E-state index in [1.54, 1.807) is 17.0 Å². The van der Waals surface area contributed by atoms with Crippen molar-refractivity contribution in [3.05, 3.63) is 29.8 Å². The average molecular weight is 327 g/mol. The van der Waals surface area contributed by atoms with Gasteiger partial charge < -0.3 is 10.2 Å². The standard InChI is InChI=1S/C15H25N3O3S/c1-4-18(5-2)15(19)16-12-6-7-13-8-10-14(11-9-13)17-22(3,20)21/h8-11,17H,4-7,12H2,1-3H3,(H,16,19). The number of nitrogens with zero attached hydrogens (tertiary/aromatic N) is 1. The lowest BCUT2D eigenvalue weighted by molar-refractivity contribution is 0.203. The minimum absolute atomic E-state index is 0.0299. The number of nitrogens with one attached hydrogen (secondary N) is 2. The number of hydrogen-bond acceptors (Lipinski definition) is 3. The number of carbonyl (C=O) groups excluding carboxylic acids is 1. The number of hydrogen-bond donors (Lipinski definition) is 2. The van der Waals surface area contributed by atoms with Crippen molar-refractivity contribution in [1.82, 2.24) is 10.2 Å². The molecule has 1 aromatic carbocycles. The summed E-state index contributed by atoms with van der Waals surface area (Å²) in [6.07, 6.45) is 2.79. The van der Waals surface area contributed by atoms with Crippen molar-refractivity contribution in [1.29, 1.82) is 0 Å². The maximum atomic E-state index is 11.7. The van der Waals surface area contributed by atoms with E-state index in [2.05, 4.69) is 10.0 Å². The molecule has 0 atom stereocenters. The van der Waals surface area contributed by atoms with E-state index in [0.717, 1.165) is 24.7 Å². The number of benzene rings is 1. The normalized spacial score (nSPS) is 11.0. The molecular formula is C15H25N3O3S. The van der Waals surface area contributed by atoms with Gasteiger partial charge in [-0.05, 0) is 44.4 Å². The van der Waals surface area contributed by atoms with Gasteiger partial charge in [0.05, 0.1) is 6.26 Å². The zero-order chi connectivity index (χ0) is 16.6. The highest BCUT2D eigenvalue weighted by Gasteiger charge is 2.07. The van der Waals surface area contributed by atoms with Gasteiger partial charge in [-0.3, -0.25) is 4.72 Å². The molecule has 124 valence electrons. The van der Waals surface area contributed by atoms with Gasteiger partial charge >= 0.3 is 6.03 Å². The molecule has 1 aromatic rings. The summed E-state index contributed by atoms with van der Waals surface area (Å²) in [5.41, 5.74) is 1.66. The Morgan fingerprint density at radius 1 is 1.14 bits per heavy atom. The van der Waals surface area contributed by atoms with Crippen LogP contribution in [-0.4, -0.2) is 45.2 Å². The fourth-order valence-electron chi connectivity index (χ4n) is 2.06. The molecule has 2 amide bonds. The second-order valence-electron chi connectivity index (χ2n) is 5.08. The summed E-state index contributed by atoms with van der Waals surface area (Å²) in [7, 11) is -3.24. The molecule has 0 aliphatic carbocycles. The Morgan fingerprint density at radius 2 is 1.73 bits per heavy atom. The largest absolute Gasteiger partial charge is 0.338 e. The third-order valence-electron chi connectivity index (χ3n) is 3.23. The molecule has 0 aliphatic heterocycles. The molecule has 0 aromatic heterocycles. The van der Waals surface area contributed by atoms with Crippen LogP contribution in [0, 0.1) is 0 Å². The van der Waals surface area contributed by atoms with Gasteiger partial charge in [-0.25, -0.2) is 13.2 Å². The molecule has 0 spiro atoms. The molecule has 0 fully saturated rings. The van der Waals surface area contributed by atoms with Crippen molar-refractivity contribution in [3.63, 3.8) is 0 Å². The minimum atomic E-state index is -3.24. The Morgan fingerprint density at radius 3 is 2.23 bits per heavy atom. The fraction of sp³-hybridized carbons (Fsp3) is 0.533. The van der Waals surface area contributed by atoms with Crippen molar-refractivity contribution in [2.45, 2.75) is 26.7 Å². The smallest absolute Gasteiger partial charge is 0.317 e. The van der Waals surface area contributed by atoms with E-state index in [1.165, 1.54) is 0 Å². The lowest BCUT2D eigenvalue weighted by Crippen LogP contribution is -2.40. The Hall–Kier alpha value is -1.76. The summed E-state index contributed by atoms with van der Waals surface area (Å²) in [5.74, 6) is 0. The Labute approximate surface area is 132 Å². The summed E-state index contributed by atoms with van der Waals surface area (Å²) in [6.45, 7) is 5.94. The van der Waals surface area contributed by atoms with Crippen LogP contribution in [0.4, 0.5) is 10.5 Å². The van der Waals surface area contributed by atoms with Gasteiger partial charge in [-0.2, -0.15) is 0 Å². The van der Waals surface area contributed by atoms with Gasteiger partial charge in [-0.15, -0.1) is 0 Å². The van der Waals surface area contributed by atoms with Crippen LogP contribution in [0.5, 0.6) is 0 Å². The van der Waals surface area contributed by atoms with E-state index in [0.29, 0.717) is 25.3 Å². The lowest BCUT2D eigenvalue weighted by atomic mass is 10.1. The molecule has 0 bridgehead atoms. The van der Waals surface area contributed by atoms with Crippen LogP contribution in [0.15, 0.2) is 24.3 Å². The number of rotatable bonds is 8. The zero-order valence-corrected chi connectivity index (χ0v) is 14.2. The number of anilines is 1. The molecule has 2 N–H and O–H groups in total. The van der Waals surface area contributed by atoms with Crippen LogP contribution < -0.4 is 10.0 Å². The van der Waals surface area contributed by atoms with E-state index in [-0.39, 0.29) is 6.03 Å². The van der Waals surface area contributed by atoms with E-state index in [4.69, 9.17) is 0 Å². The summed E-state index contributed by atoms with van der Waals surface area (Å²) < 4.78 is 24.6. The Bertz CT molecular complexity index is 566. The number of urea groups is 1. The third kappa shape index (κ3) is 6.80. The quantitative estimate of drug-likeness (QED) is 0.717. The van der Waals surface area contributed by atoms with E-state index in [1.807, 2.05) is 26.0 Å². The molecule has 7 heteroatoms. The molecule has 6 nitrogen and oxygen atoms in total. The van der Waals surface area contributed by atoms with Crippen molar-refractivity contribution >= 4 is 21.7 Å². The predicted molar refractivity (Wildman–Crippen MR) is 89.5 cm³/mol. The first-order chi connectivity index (χ1) is 10.4. The molecular weight excluding hydrogens is 302 g/mol. The topological polar surface area (TPSA) is 78.5 Å². The van der Waals surface area contributed by atoms with Crippen molar-refractivity contribution in [2.24, 2.45) is 0 Å². The average Bonchev–Trinajstić information content (AvgIpc) is 2.45. The predicted octanol–water partition coefficient (Wildman–Crippen LogP) is 2.04. The maximum Gasteiger partial charge on any atom is 0.317 e.